The van der Waals surface area contributed by atoms with Gasteiger partial charge < -0.3 is 19.4 Å². The predicted molar refractivity (Wildman–Crippen MR) is 95.1 cm³/mol. The number of nitrogens with one attached hydrogen (secondary N) is 1. The SMILES string of the molecule is O=C(c1cccc(-n2cnc3c2CCNC3)c1)c1cccc2c1OC(F)(F)O2. The molecule has 0 saturated heterocycles. The first-order valence-electron chi connectivity index (χ1n) is 8.82. The molecule has 3 heterocycles. The van der Waals surface area contributed by atoms with Crippen LogP contribution in [0.25, 0.3) is 5.69 Å². The van der Waals surface area contributed by atoms with E-state index in [4.69, 9.17) is 0 Å². The van der Waals surface area contributed by atoms with E-state index in [-0.39, 0.29) is 17.1 Å². The van der Waals surface area contributed by atoms with Crippen LogP contribution in [-0.4, -0.2) is 28.2 Å². The molecule has 1 N–H and O–H groups in total. The van der Waals surface area contributed by atoms with Gasteiger partial charge in [-0.05, 0) is 24.3 Å². The molecule has 0 fully saturated rings. The number of carbonyl (C=O) groups is 1. The van der Waals surface area contributed by atoms with Crippen molar-refractivity contribution >= 4 is 5.78 Å². The zero-order chi connectivity index (χ0) is 19.3. The third-order valence-corrected chi connectivity index (χ3v) is 4.84. The third-order valence-electron chi connectivity index (χ3n) is 4.84. The summed E-state index contributed by atoms with van der Waals surface area (Å²) in [6, 6.07) is 11.3. The average Bonchev–Trinajstić information content (AvgIpc) is 3.26. The number of ketones is 1. The Labute approximate surface area is 158 Å². The molecule has 0 spiro atoms. The standard InChI is InChI=1S/C20H15F2N3O3/c21-20(22)27-17-6-2-5-14(19(17)28-20)18(26)12-3-1-4-13(9-12)25-11-24-15-10-23-8-7-16(15)25/h1-6,9,11,23H,7-8,10H2. The van der Waals surface area contributed by atoms with Crippen molar-refractivity contribution in [2.75, 3.05) is 6.54 Å². The minimum absolute atomic E-state index is 0.0312. The van der Waals surface area contributed by atoms with Gasteiger partial charge in [-0.1, -0.05) is 18.2 Å². The van der Waals surface area contributed by atoms with Gasteiger partial charge in [0.1, 0.15) is 0 Å². The first-order chi connectivity index (χ1) is 13.5. The van der Waals surface area contributed by atoms with Crippen LogP contribution in [0.4, 0.5) is 8.78 Å². The van der Waals surface area contributed by atoms with Crippen LogP contribution in [0.3, 0.4) is 0 Å². The molecule has 0 radical (unpaired) electrons. The van der Waals surface area contributed by atoms with Gasteiger partial charge in [-0.2, -0.15) is 0 Å². The highest BCUT2D eigenvalue weighted by molar-refractivity contribution is 6.11. The molecule has 0 saturated carbocycles. The zero-order valence-electron chi connectivity index (χ0n) is 14.6. The van der Waals surface area contributed by atoms with E-state index in [2.05, 4.69) is 19.8 Å². The molecular formula is C20H15F2N3O3. The highest BCUT2D eigenvalue weighted by atomic mass is 19.3. The van der Waals surface area contributed by atoms with Crippen LogP contribution in [0.1, 0.15) is 27.3 Å². The molecule has 8 heteroatoms. The number of hydrogen-bond acceptors (Lipinski definition) is 5. The van der Waals surface area contributed by atoms with Gasteiger partial charge in [0.25, 0.3) is 0 Å². The summed E-state index contributed by atoms with van der Waals surface area (Å²) in [5, 5.41) is 3.27. The maximum absolute atomic E-state index is 13.4. The smallest absolute Gasteiger partial charge is 0.395 e. The van der Waals surface area contributed by atoms with Gasteiger partial charge in [-0.3, -0.25) is 4.79 Å². The number of carbonyl (C=O) groups excluding carboxylic acids is 1. The van der Waals surface area contributed by atoms with Gasteiger partial charge in [-0.15, -0.1) is 8.78 Å². The minimum atomic E-state index is -3.77. The summed E-state index contributed by atoms with van der Waals surface area (Å²) >= 11 is 0. The molecule has 3 aromatic rings. The number of halogens is 2. The van der Waals surface area contributed by atoms with Gasteiger partial charge in [0.05, 0.1) is 17.6 Å². The van der Waals surface area contributed by atoms with Gasteiger partial charge in [-0.25, -0.2) is 4.98 Å². The van der Waals surface area contributed by atoms with Crippen molar-refractivity contribution in [1.29, 1.82) is 0 Å². The van der Waals surface area contributed by atoms with Crippen molar-refractivity contribution in [2.45, 2.75) is 19.3 Å². The van der Waals surface area contributed by atoms with Crippen molar-refractivity contribution in [3.63, 3.8) is 0 Å². The molecule has 28 heavy (non-hydrogen) atoms. The third kappa shape index (κ3) is 2.73. The fraction of sp³-hybridized carbons (Fsp3) is 0.200. The highest BCUT2D eigenvalue weighted by Gasteiger charge is 2.45. The van der Waals surface area contributed by atoms with Gasteiger partial charge in [0, 0.05) is 36.5 Å². The molecular weight excluding hydrogens is 368 g/mol. The molecule has 2 aliphatic rings. The maximum Gasteiger partial charge on any atom is 0.586 e. The molecule has 2 aromatic carbocycles. The van der Waals surface area contributed by atoms with E-state index in [0.717, 1.165) is 30.0 Å². The zero-order valence-corrected chi connectivity index (χ0v) is 14.6. The van der Waals surface area contributed by atoms with E-state index in [0.29, 0.717) is 12.1 Å². The Bertz CT molecular complexity index is 1090. The summed E-state index contributed by atoms with van der Waals surface area (Å²) in [5.41, 5.74) is 3.26. The quantitative estimate of drug-likeness (QED) is 0.705. The molecule has 6 nitrogen and oxygen atoms in total. The minimum Gasteiger partial charge on any atom is -0.395 e. The molecule has 5 rings (SSSR count). The number of alkyl halides is 2. The van der Waals surface area contributed by atoms with Crippen LogP contribution in [0.15, 0.2) is 48.8 Å². The summed E-state index contributed by atoms with van der Waals surface area (Å²) in [4.78, 5) is 17.4. The number of benzene rings is 2. The second-order valence-electron chi connectivity index (χ2n) is 6.61. The van der Waals surface area contributed by atoms with E-state index in [1.807, 2.05) is 10.6 Å². The van der Waals surface area contributed by atoms with Crippen LogP contribution >= 0.6 is 0 Å². The summed E-state index contributed by atoms with van der Waals surface area (Å²) in [6.07, 6.45) is -1.20. The fourth-order valence-corrected chi connectivity index (χ4v) is 3.56. The lowest BCUT2D eigenvalue weighted by atomic mass is 10.0. The summed E-state index contributed by atoms with van der Waals surface area (Å²) < 4.78 is 37.8. The number of imidazole rings is 1. The van der Waals surface area contributed by atoms with Crippen LogP contribution in [0.2, 0.25) is 0 Å². The molecule has 0 unspecified atom stereocenters. The van der Waals surface area contributed by atoms with E-state index in [9.17, 15) is 13.6 Å². The molecule has 0 aliphatic carbocycles. The van der Waals surface area contributed by atoms with E-state index < -0.39 is 12.1 Å². The van der Waals surface area contributed by atoms with Gasteiger partial charge in [0.2, 0.25) is 0 Å². The molecule has 1 aromatic heterocycles. The Balaban J connectivity index is 1.53. The van der Waals surface area contributed by atoms with E-state index in [1.54, 1.807) is 24.5 Å². The fourth-order valence-electron chi connectivity index (χ4n) is 3.56. The number of aromatic nitrogens is 2. The molecule has 0 amide bonds. The largest absolute Gasteiger partial charge is 0.586 e. The number of fused-ring (bicyclic) bond motifs is 2. The Morgan fingerprint density at radius 2 is 2.04 bits per heavy atom. The Kier molecular flexibility index (Phi) is 3.70. The van der Waals surface area contributed by atoms with Crippen LogP contribution in [0, 0.1) is 0 Å². The Morgan fingerprint density at radius 3 is 2.93 bits per heavy atom. The number of nitrogens with zero attached hydrogens (tertiary/aromatic N) is 2. The molecule has 2 aliphatic heterocycles. The van der Waals surface area contributed by atoms with Gasteiger partial charge in [0.15, 0.2) is 17.3 Å². The maximum atomic E-state index is 13.4. The normalized spacial score (nSPS) is 16.6. The number of hydrogen-bond donors (Lipinski definition) is 1. The second kappa shape index (κ2) is 6.13. The lowest BCUT2D eigenvalue weighted by molar-refractivity contribution is -0.286. The van der Waals surface area contributed by atoms with Crippen LogP contribution in [0.5, 0.6) is 11.5 Å². The summed E-state index contributed by atoms with van der Waals surface area (Å²) in [5.74, 6) is -0.812. The van der Waals surface area contributed by atoms with E-state index >= 15 is 0 Å². The van der Waals surface area contributed by atoms with Crippen molar-refractivity contribution < 1.29 is 23.0 Å². The molecule has 0 bridgehead atoms. The number of para-hydroxylation sites is 1. The van der Waals surface area contributed by atoms with Gasteiger partial charge >= 0.3 is 6.29 Å². The van der Waals surface area contributed by atoms with Crippen LogP contribution < -0.4 is 14.8 Å². The molecule has 0 atom stereocenters. The van der Waals surface area contributed by atoms with Crippen molar-refractivity contribution in [1.82, 2.24) is 14.9 Å². The van der Waals surface area contributed by atoms with Crippen molar-refractivity contribution in [2.24, 2.45) is 0 Å². The Morgan fingerprint density at radius 1 is 1.18 bits per heavy atom. The lowest BCUT2D eigenvalue weighted by Gasteiger charge is -2.15. The topological polar surface area (TPSA) is 65.4 Å². The second-order valence-corrected chi connectivity index (χ2v) is 6.61. The number of rotatable bonds is 3. The van der Waals surface area contributed by atoms with Crippen LogP contribution in [-0.2, 0) is 13.0 Å². The van der Waals surface area contributed by atoms with Crippen molar-refractivity contribution in [3.05, 3.63) is 71.3 Å². The number of ether oxygens (including phenoxy) is 2. The average molecular weight is 383 g/mol. The predicted octanol–water partition coefficient (Wildman–Crippen LogP) is 3.07. The molecule has 142 valence electrons. The first kappa shape index (κ1) is 16.9. The first-order valence-corrected chi connectivity index (χ1v) is 8.82. The Hall–Kier alpha value is -3.26. The van der Waals surface area contributed by atoms with E-state index in [1.165, 1.54) is 18.2 Å². The van der Waals surface area contributed by atoms with Crippen molar-refractivity contribution in [3.8, 4) is 17.2 Å². The lowest BCUT2D eigenvalue weighted by Crippen LogP contribution is -2.26. The highest BCUT2D eigenvalue weighted by Crippen LogP contribution is 2.43. The monoisotopic (exact) mass is 383 g/mol. The summed E-state index contributed by atoms with van der Waals surface area (Å²) in [6.45, 7) is 1.57. The summed E-state index contributed by atoms with van der Waals surface area (Å²) in [7, 11) is 0.